The molecule has 1 spiro atoms. The second kappa shape index (κ2) is 8.04. The lowest BCUT2D eigenvalue weighted by atomic mass is 9.75. The van der Waals surface area contributed by atoms with Crippen molar-refractivity contribution in [3.8, 4) is 0 Å². The molecule has 5 rings (SSSR count). The van der Waals surface area contributed by atoms with E-state index in [1.807, 2.05) is 6.07 Å². The van der Waals surface area contributed by atoms with Crippen LogP contribution in [0.25, 0.3) is 0 Å². The molecule has 7 heteroatoms. The summed E-state index contributed by atoms with van der Waals surface area (Å²) < 4.78 is 25.1. The predicted molar refractivity (Wildman–Crippen MR) is 110 cm³/mol. The Hall–Kier alpha value is -2.80. The highest BCUT2D eigenvalue weighted by Gasteiger charge is 2.48. The van der Waals surface area contributed by atoms with Crippen molar-refractivity contribution in [2.75, 3.05) is 6.61 Å². The van der Waals surface area contributed by atoms with Crippen molar-refractivity contribution in [3.63, 3.8) is 0 Å². The average molecular weight is 424 g/mol. The van der Waals surface area contributed by atoms with Gasteiger partial charge >= 0.3 is 5.97 Å². The first-order valence-corrected chi connectivity index (χ1v) is 10.9. The molecule has 162 valence electrons. The van der Waals surface area contributed by atoms with Crippen LogP contribution in [-0.2, 0) is 19.9 Å². The third-order valence-corrected chi connectivity index (χ3v) is 6.88. The Morgan fingerprint density at radius 1 is 1.16 bits per heavy atom. The molecular weight excluding hydrogens is 399 g/mol. The second-order valence-corrected chi connectivity index (χ2v) is 8.74. The number of halogens is 1. The number of amides is 1. The Morgan fingerprint density at radius 2 is 2.00 bits per heavy atom. The van der Waals surface area contributed by atoms with Crippen molar-refractivity contribution in [1.29, 1.82) is 0 Å². The monoisotopic (exact) mass is 424 g/mol. The molecular formula is C24H25FN2O4. The molecule has 31 heavy (non-hydrogen) atoms. The number of carbonyl (C=O) groups is 2. The summed E-state index contributed by atoms with van der Waals surface area (Å²) in [5, 5.41) is 3.02. The van der Waals surface area contributed by atoms with Gasteiger partial charge in [-0.05, 0) is 62.3 Å². The molecule has 2 fully saturated rings. The fraction of sp³-hybridized carbons (Fsp3) is 0.458. The van der Waals surface area contributed by atoms with Crippen LogP contribution >= 0.6 is 0 Å². The van der Waals surface area contributed by atoms with Gasteiger partial charge in [0.2, 0.25) is 5.91 Å². The maximum atomic E-state index is 13.5. The Morgan fingerprint density at radius 3 is 2.74 bits per heavy atom. The van der Waals surface area contributed by atoms with Crippen molar-refractivity contribution in [1.82, 2.24) is 10.3 Å². The third kappa shape index (κ3) is 3.82. The van der Waals surface area contributed by atoms with E-state index in [-0.39, 0.29) is 35.8 Å². The van der Waals surface area contributed by atoms with Gasteiger partial charge in [0, 0.05) is 29.8 Å². The molecule has 1 aromatic carbocycles. The van der Waals surface area contributed by atoms with Gasteiger partial charge in [-0.15, -0.1) is 0 Å². The zero-order chi connectivity index (χ0) is 21.4. The minimum atomic E-state index is -0.642. The normalized spacial score (nSPS) is 30.0. The van der Waals surface area contributed by atoms with Crippen molar-refractivity contribution >= 4 is 11.9 Å². The standard InChI is InChI=1S/C24H25FN2O4/c25-18-3-1-2-16(12-18)17-4-5-21(30-14-17)27-22(28)15-6-9-24(10-7-15)20-13-26-11-8-19(20)23(29)31-24/h1-3,8,11-13,15,17,21H,4-7,9-10,14H2,(H,27,28). The lowest BCUT2D eigenvalue weighted by Crippen LogP contribution is -2.45. The van der Waals surface area contributed by atoms with E-state index in [1.54, 1.807) is 30.6 Å². The van der Waals surface area contributed by atoms with E-state index < -0.39 is 5.60 Å². The molecule has 1 amide bonds. The lowest BCUT2D eigenvalue weighted by molar-refractivity contribution is -0.134. The number of carbonyl (C=O) groups excluding carboxylic acids is 2. The highest BCUT2D eigenvalue weighted by molar-refractivity contribution is 5.94. The molecule has 1 saturated carbocycles. The summed E-state index contributed by atoms with van der Waals surface area (Å²) in [6, 6.07) is 8.31. The van der Waals surface area contributed by atoms with Crippen molar-refractivity contribution in [2.24, 2.45) is 5.92 Å². The molecule has 1 saturated heterocycles. The van der Waals surface area contributed by atoms with Gasteiger partial charge in [0.1, 0.15) is 17.6 Å². The van der Waals surface area contributed by atoms with Crippen LogP contribution in [0.15, 0.2) is 42.7 Å². The second-order valence-electron chi connectivity index (χ2n) is 8.74. The van der Waals surface area contributed by atoms with E-state index in [9.17, 15) is 14.0 Å². The van der Waals surface area contributed by atoms with Gasteiger partial charge in [-0.1, -0.05) is 12.1 Å². The first-order chi connectivity index (χ1) is 15.0. The molecule has 6 nitrogen and oxygen atoms in total. The summed E-state index contributed by atoms with van der Waals surface area (Å²) in [4.78, 5) is 29.2. The number of pyridine rings is 1. The zero-order valence-electron chi connectivity index (χ0n) is 17.2. The number of hydrogen-bond donors (Lipinski definition) is 1. The van der Waals surface area contributed by atoms with E-state index in [2.05, 4.69) is 10.3 Å². The summed E-state index contributed by atoms with van der Waals surface area (Å²) in [5.41, 5.74) is 1.72. The van der Waals surface area contributed by atoms with Gasteiger partial charge in [0.05, 0.1) is 12.2 Å². The number of ether oxygens (including phenoxy) is 2. The van der Waals surface area contributed by atoms with Gasteiger partial charge < -0.3 is 14.8 Å². The molecule has 2 unspecified atom stereocenters. The van der Waals surface area contributed by atoms with Crippen LogP contribution in [0.4, 0.5) is 4.39 Å². The number of aromatic nitrogens is 1. The van der Waals surface area contributed by atoms with Crippen LogP contribution in [0.2, 0.25) is 0 Å². The maximum Gasteiger partial charge on any atom is 0.339 e. The zero-order valence-corrected chi connectivity index (χ0v) is 17.2. The third-order valence-electron chi connectivity index (χ3n) is 6.88. The molecule has 2 aromatic rings. The molecule has 1 aliphatic carbocycles. The molecule has 3 heterocycles. The number of hydrogen-bond acceptors (Lipinski definition) is 5. The Kier molecular flexibility index (Phi) is 5.22. The number of esters is 1. The van der Waals surface area contributed by atoms with E-state index in [1.165, 1.54) is 6.07 Å². The fourth-order valence-corrected chi connectivity index (χ4v) is 5.11. The summed E-state index contributed by atoms with van der Waals surface area (Å²) in [7, 11) is 0. The highest BCUT2D eigenvalue weighted by atomic mass is 19.1. The van der Waals surface area contributed by atoms with Gasteiger partial charge in [0.15, 0.2) is 0 Å². The molecule has 3 aliphatic rings. The SMILES string of the molecule is O=C1OC2(CCC(C(=O)NC3CCC(c4cccc(F)c4)CO3)CC2)c2cnccc21. The van der Waals surface area contributed by atoms with Crippen molar-refractivity contribution in [2.45, 2.75) is 56.3 Å². The van der Waals surface area contributed by atoms with E-state index in [0.29, 0.717) is 44.3 Å². The summed E-state index contributed by atoms with van der Waals surface area (Å²) in [5.74, 6) is -0.545. The largest absolute Gasteiger partial charge is 0.450 e. The maximum absolute atomic E-state index is 13.5. The topological polar surface area (TPSA) is 77.5 Å². The molecule has 1 N–H and O–H groups in total. The fourth-order valence-electron chi connectivity index (χ4n) is 5.11. The minimum absolute atomic E-state index is 0.0141. The van der Waals surface area contributed by atoms with Crippen molar-refractivity contribution in [3.05, 3.63) is 65.2 Å². The van der Waals surface area contributed by atoms with Gasteiger partial charge in [-0.25, -0.2) is 9.18 Å². The molecule has 0 radical (unpaired) electrons. The highest BCUT2D eigenvalue weighted by Crippen LogP contribution is 2.47. The predicted octanol–water partition coefficient (Wildman–Crippen LogP) is 3.81. The number of benzene rings is 1. The molecule has 2 aliphatic heterocycles. The van der Waals surface area contributed by atoms with Crippen LogP contribution in [0, 0.1) is 11.7 Å². The van der Waals surface area contributed by atoms with E-state index >= 15 is 0 Å². The van der Waals surface area contributed by atoms with Crippen LogP contribution in [0.3, 0.4) is 0 Å². The first kappa shape index (κ1) is 20.1. The van der Waals surface area contributed by atoms with Crippen LogP contribution < -0.4 is 5.32 Å². The number of nitrogens with zero attached hydrogens (tertiary/aromatic N) is 1. The number of rotatable bonds is 3. The first-order valence-electron chi connectivity index (χ1n) is 10.9. The molecule has 2 atom stereocenters. The van der Waals surface area contributed by atoms with Gasteiger partial charge in [-0.3, -0.25) is 9.78 Å². The van der Waals surface area contributed by atoms with Gasteiger partial charge in [0.25, 0.3) is 0 Å². The molecule has 0 bridgehead atoms. The minimum Gasteiger partial charge on any atom is -0.450 e. The quantitative estimate of drug-likeness (QED) is 0.758. The number of nitrogens with one attached hydrogen (secondary N) is 1. The summed E-state index contributed by atoms with van der Waals surface area (Å²) >= 11 is 0. The van der Waals surface area contributed by atoms with Crippen molar-refractivity contribution < 1.29 is 23.5 Å². The van der Waals surface area contributed by atoms with Gasteiger partial charge in [-0.2, -0.15) is 0 Å². The average Bonchev–Trinajstić information content (AvgIpc) is 3.06. The summed E-state index contributed by atoms with van der Waals surface area (Å²) in [6.07, 6.45) is 7.04. The van der Waals surface area contributed by atoms with Crippen LogP contribution in [-0.4, -0.2) is 29.7 Å². The van der Waals surface area contributed by atoms with E-state index in [4.69, 9.17) is 9.47 Å². The van der Waals surface area contributed by atoms with Crippen LogP contribution in [0.1, 0.15) is 65.9 Å². The summed E-state index contributed by atoms with van der Waals surface area (Å²) in [6.45, 7) is 0.460. The Bertz CT molecular complexity index is 995. The Balaban J connectivity index is 1.14. The van der Waals surface area contributed by atoms with E-state index in [0.717, 1.165) is 17.5 Å². The number of fused-ring (bicyclic) bond motifs is 2. The van der Waals surface area contributed by atoms with Crippen LogP contribution in [0.5, 0.6) is 0 Å². The smallest absolute Gasteiger partial charge is 0.339 e. The Labute approximate surface area is 180 Å². The lowest BCUT2D eigenvalue weighted by Gasteiger charge is -2.36. The molecule has 1 aromatic heterocycles.